The Morgan fingerprint density at radius 3 is 2.53 bits per heavy atom. The molecule has 1 atom stereocenters. The third-order valence-electron chi connectivity index (χ3n) is 1.98. The van der Waals surface area contributed by atoms with Gasteiger partial charge < -0.3 is 14.0 Å². The van der Waals surface area contributed by atoms with Gasteiger partial charge in [-0.2, -0.15) is 0 Å². The van der Waals surface area contributed by atoms with E-state index in [-0.39, 0.29) is 5.75 Å². The summed E-state index contributed by atoms with van der Waals surface area (Å²) >= 11 is 0. The lowest BCUT2D eigenvalue weighted by molar-refractivity contribution is -0.277. The second-order valence-electron chi connectivity index (χ2n) is 3.36. The van der Waals surface area contributed by atoms with Crippen molar-refractivity contribution in [2.24, 2.45) is 0 Å². The fourth-order valence-corrected chi connectivity index (χ4v) is 2.04. The van der Waals surface area contributed by atoms with Gasteiger partial charge in [-0.15, -0.1) is 0 Å². The summed E-state index contributed by atoms with van der Waals surface area (Å²) in [6.45, 7) is -0.297. The summed E-state index contributed by atoms with van der Waals surface area (Å²) in [6, 6.07) is 8.24. The van der Waals surface area contributed by atoms with E-state index in [0.29, 0.717) is 13.2 Å². The van der Waals surface area contributed by atoms with Crippen molar-refractivity contribution in [1.29, 1.82) is 0 Å². The van der Waals surface area contributed by atoms with Crippen molar-refractivity contribution in [3.05, 3.63) is 30.3 Å². The van der Waals surface area contributed by atoms with E-state index in [1.54, 1.807) is 30.3 Å². The van der Waals surface area contributed by atoms with Crippen molar-refractivity contribution < 1.29 is 28.0 Å². The molecule has 2 rings (SSSR count). The molecule has 1 fully saturated rings. The molecule has 0 amide bonds. The zero-order valence-electron chi connectivity index (χ0n) is 9.02. The number of hydrogen-bond acceptors (Lipinski definition) is 5. The SMILES string of the molecule is O=P(O)(Oc1ccccc1)OC1OCCCO1. The van der Waals surface area contributed by atoms with Crippen LogP contribution in [0.4, 0.5) is 0 Å². The fraction of sp³-hybridized carbons (Fsp3) is 0.400. The topological polar surface area (TPSA) is 74.2 Å². The van der Waals surface area contributed by atoms with Gasteiger partial charge in [-0.3, -0.25) is 4.89 Å². The molecule has 1 aliphatic rings. The second kappa shape index (κ2) is 5.62. The molecule has 6 nitrogen and oxygen atoms in total. The van der Waals surface area contributed by atoms with Gasteiger partial charge in [0.15, 0.2) is 0 Å². The van der Waals surface area contributed by atoms with E-state index >= 15 is 0 Å². The average molecular weight is 260 g/mol. The van der Waals surface area contributed by atoms with E-state index in [4.69, 9.17) is 18.5 Å². The molecule has 94 valence electrons. The Labute approximate surface area is 98.7 Å². The molecule has 1 aliphatic heterocycles. The van der Waals surface area contributed by atoms with E-state index in [2.05, 4.69) is 0 Å². The molecule has 0 saturated carbocycles. The minimum absolute atomic E-state index is 0.245. The molecule has 1 N–H and O–H groups in total. The minimum atomic E-state index is -4.23. The average Bonchev–Trinajstić information content (AvgIpc) is 2.30. The first-order chi connectivity index (χ1) is 8.16. The van der Waals surface area contributed by atoms with Crippen LogP contribution < -0.4 is 4.52 Å². The summed E-state index contributed by atoms with van der Waals surface area (Å²) in [4.78, 5) is 9.47. The first-order valence-corrected chi connectivity index (χ1v) is 6.64. The van der Waals surface area contributed by atoms with E-state index in [0.717, 1.165) is 6.42 Å². The Morgan fingerprint density at radius 1 is 1.24 bits per heavy atom. The molecule has 1 aromatic carbocycles. The molecule has 1 unspecified atom stereocenters. The van der Waals surface area contributed by atoms with Crippen molar-refractivity contribution >= 4 is 7.82 Å². The maximum Gasteiger partial charge on any atom is 0.531 e. The third-order valence-corrected chi connectivity index (χ3v) is 2.86. The number of phosphoric acid groups is 1. The molecule has 17 heavy (non-hydrogen) atoms. The van der Waals surface area contributed by atoms with Gasteiger partial charge in [-0.1, -0.05) is 18.2 Å². The first kappa shape index (κ1) is 12.5. The minimum Gasteiger partial charge on any atom is -0.404 e. The fourth-order valence-electron chi connectivity index (χ4n) is 1.27. The van der Waals surface area contributed by atoms with Gasteiger partial charge >= 0.3 is 7.82 Å². The van der Waals surface area contributed by atoms with Gasteiger partial charge in [-0.25, -0.2) is 9.09 Å². The largest absolute Gasteiger partial charge is 0.531 e. The molecular weight excluding hydrogens is 247 g/mol. The van der Waals surface area contributed by atoms with Crippen LogP contribution in [0.25, 0.3) is 0 Å². The van der Waals surface area contributed by atoms with E-state index < -0.39 is 14.3 Å². The quantitative estimate of drug-likeness (QED) is 0.833. The van der Waals surface area contributed by atoms with E-state index in [1.807, 2.05) is 0 Å². The number of rotatable bonds is 4. The lowest BCUT2D eigenvalue weighted by Gasteiger charge is -2.24. The van der Waals surface area contributed by atoms with Gasteiger partial charge in [0.05, 0.1) is 13.2 Å². The Hall–Kier alpha value is -0.910. The van der Waals surface area contributed by atoms with Crippen LogP contribution in [0.3, 0.4) is 0 Å². The lowest BCUT2D eigenvalue weighted by Crippen LogP contribution is -2.27. The Morgan fingerprint density at radius 2 is 1.88 bits per heavy atom. The number of phosphoric ester groups is 1. The molecule has 1 saturated heterocycles. The van der Waals surface area contributed by atoms with Crippen LogP contribution in [-0.4, -0.2) is 24.6 Å². The first-order valence-electron chi connectivity index (χ1n) is 5.15. The van der Waals surface area contributed by atoms with Gasteiger partial charge in [-0.05, 0) is 18.6 Å². The van der Waals surface area contributed by atoms with Crippen molar-refractivity contribution in [3.8, 4) is 5.75 Å². The highest BCUT2D eigenvalue weighted by Gasteiger charge is 2.30. The van der Waals surface area contributed by atoms with Gasteiger partial charge in [0.25, 0.3) is 6.48 Å². The predicted octanol–water partition coefficient (Wildman–Crippen LogP) is 1.90. The monoisotopic (exact) mass is 260 g/mol. The number of benzene rings is 1. The molecule has 0 aromatic heterocycles. The zero-order valence-corrected chi connectivity index (χ0v) is 9.92. The van der Waals surface area contributed by atoms with Gasteiger partial charge in [0.1, 0.15) is 5.75 Å². The summed E-state index contributed by atoms with van der Waals surface area (Å²) < 4.78 is 31.2. The standard InChI is InChI=1S/C10H13O6P/c11-17(12,15-9-5-2-1-3-6-9)16-10-13-7-4-8-14-10/h1-3,5-6,10H,4,7-8H2,(H,11,12). The predicted molar refractivity (Wildman–Crippen MR) is 58.3 cm³/mol. The number of hydrogen-bond donors (Lipinski definition) is 1. The third kappa shape index (κ3) is 4.11. The molecule has 0 spiro atoms. The second-order valence-corrected chi connectivity index (χ2v) is 4.69. The van der Waals surface area contributed by atoms with Crippen LogP contribution in [0.5, 0.6) is 5.75 Å². The summed E-state index contributed by atoms with van der Waals surface area (Å²) in [7, 11) is -4.23. The normalized spacial score (nSPS) is 20.8. The van der Waals surface area contributed by atoms with Gasteiger partial charge in [0.2, 0.25) is 0 Å². The summed E-state index contributed by atoms with van der Waals surface area (Å²) in [5, 5.41) is 0. The van der Waals surface area contributed by atoms with Crippen molar-refractivity contribution in [3.63, 3.8) is 0 Å². The maximum atomic E-state index is 11.6. The van der Waals surface area contributed by atoms with Crippen molar-refractivity contribution in [2.45, 2.75) is 12.9 Å². The lowest BCUT2D eigenvalue weighted by atomic mass is 10.3. The highest BCUT2D eigenvalue weighted by atomic mass is 31.2. The summed E-state index contributed by atoms with van der Waals surface area (Å²) in [5.74, 6) is 0.245. The van der Waals surface area contributed by atoms with Crippen LogP contribution in [0.1, 0.15) is 6.42 Å². The highest BCUT2D eigenvalue weighted by Crippen LogP contribution is 2.45. The van der Waals surface area contributed by atoms with Gasteiger partial charge in [0, 0.05) is 0 Å². The molecule has 1 heterocycles. The molecule has 1 aromatic rings. The Bertz CT molecular complexity index is 389. The summed E-state index contributed by atoms with van der Waals surface area (Å²) in [6.07, 6.45) is 0.731. The van der Waals surface area contributed by atoms with Crippen molar-refractivity contribution in [1.82, 2.24) is 0 Å². The maximum absolute atomic E-state index is 11.6. The molecule has 0 radical (unpaired) electrons. The molecule has 0 aliphatic carbocycles. The number of ether oxygens (including phenoxy) is 2. The van der Waals surface area contributed by atoms with E-state index in [1.165, 1.54) is 0 Å². The van der Waals surface area contributed by atoms with Crippen molar-refractivity contribution in [2.75, 3.05) is 13.2 Å². The summed E-state index contributed by atoms with van der Waals surface area (Å²) in [5.41, 5.74) is 0. The van der Waals surface area contributed by atoms with Crippen LogP contribution in [-0.2, 0) is 18.6 Å². The van der Waals surface area contributed by atoms with Crippen LogP contribution >= 0.6 is 7.82 Å². The Balaban J connectivity index is 1.92. The van der Waals surface area contributed by atoms with Crippen LogP contribution in [0.2, 0.25) is 0 Å². The molecule has 0 bridgehead atoms. The molecule has 7 heteroatoms. The highest BCUT2D eigenvalue weighted by molar-refractivity contribution is 7.47. The van der Waals surface area contributed by atoms with Crippen LogP contribution in [0.15, 0.2) is 30.3 Å². The zero-order chi connectivity index (χ0) is 12.1. The van der Waals surface area contributed by atoms with Crippen LogP contribution in [0, 0.1) is 0 Å². The smallest absolute Gasteiger partial charge is 0.404 e. The number of para-hydroxylation sites is 1. The Kier molecular flexibility index (Phi) is 4.15. The van der Waals surface area contributed by atoms with E-state index in [9.17, 15) is 9.46 Å². The molecular formula is C10H13O6P.